The predicted molar refractivity (Wildman–Crippen MR) is 123 cm³/mol. The first kappa shape index (κ1) is 22.2. The second-order valence-electron chi connectivity index (χ2n) is 8.04. The number of nitrogen functional groups attached to an aromatic ring is 1. The van der Waals surface area contributed by atoms with Crippen molar-refractivity contribution in [3.63, 3.8) is 0 Å². The molecule has 2 heterocycles. The van der Waals surface area contributed by atoms with Crippen LogP contribution in [-0.4, -0.2) is 35.2 Å². The Morgan fingerprint density at radius 1 is 1.03 bits per heavy atom. The van der Waals surface area contributed by atoms with Crippen molar-refractivity contribution in [3.8, 4) is 22.8 Å². The van der Waals surface area contributed by atoms with Crippen LogP contribution in [0.5, 0.6) is 11.5 Å². The van der Waals surface area contributed by atoms with E-state index >= 15 is 0 Å². The Morgan fingerprint density at radius 2 is 1.63 bits per heavy atom. The number of aromatic nitrogens is 3. The van der Waals surface area contributed by atoms with Crippen molar-refractivity contribution < 1.29 is 9.47 Å². The maximum atomic E-state index is 6.61. The molecule has 1 aromatic carbocycles. The van der Waals surface area contributed by atoms with E-state index in [1.54, 1.807) is 12.3 Å². The van der Waals surface area contributed by atoms with Gasteiger partial charge in [-0.2, -0.15) is 0 Å². The second-order valence-corrected chi connectivity index (χ2v) is 8.79. The summed E-state index contributed by atoms with van der Waals surface area (Å²) in [5, 5.41) is 4.86. The molecular weight excluding hydrogens is 425 g/mol. The molecule has 0 aliphatic rings. The highest BCUT2D eigenvalue weighted by Crippen LogP contribution is 2.46. The van der Waals surface area contributed by atoms with Crippen LogP contribution in [0.4, 0.5) is 11.8 Å². The number of ether oxygens (including phenoxy) is 2. The molecule has 0 bridgehead atoms. The Balaban J connectivity index is 2.30. The average Bonchev–Trinajstić information content (AvgIpc) is 2.68. The molecular formula is C21H25Cl2N5O2. The summed E-state index contributed by atoms with van der Waals surface area (Å²) in [6, 6.07) is 3.54. The third-order valence-electron chi connectivity index (χ3n) is 5.07. The molecule has 3 N–H and O–H groups in total. The first-order chi connectivity index (χ1) is 14.1. The first-order valence-electron chi connectivity index (χ1n) is 9.37. The van der Waals surface area contributed by atoms with Crippen LogP contribution in [0.25, 0.3) is 22.2 Å². The summed E-state index contributed by atoms with van der Waals surface area (Å²) in [4.78, 5) is 13.3. The van der Waals surface area contributed by atoms with E-state index in [1.165, 1.54) is 14.2 Å². The Bertz CT molecular complexity index is 1070. The monoisotopic (exact) mass is 449 g/mol. The van der Waals surface area contributed by atoms with Crippen molar-refractivity contribution in [1.29, 1.82) is 0 Å². The van der Waals surface area contributed by atoms with Gasteiger partial charge < -0.3 is 20.5 Å². The summed E-state index contributed by atoms with van der Waals surface area (Å²) in [5.74, 6) is 1.59. The average molecular weight is 450 g/mol. The van der Waals surface area contributed by atoms with Crippen LogP contribution in [0.3, 0.4) is 0 Å². The van der Waals surface area contributed by atoms with Crippen molar-refractivity contribution in [2.24, 2.45) is 5.41 Å². The van der Waals surface area contributed by atoms with Gasteiger partial charge in [-0.25, -0.2) is 15.0 Å². The largest absolute Gasteiger partial charge is 0.495 e. The number of methoxy groups -OCH3 is 2. The van der Waals surface area contributed by atoms with Gasteiger partial charge in [-0.3, -0.25) is 0 Å². The van der Waals surface area contributed by atoms with Gasteiger partial charge in [0, 0.05) is 29.3 Å². The zero-order chi connectivity index (χ0) is 22.2. The molecule has 0 amide bonds. The molecule has 30 heavy (non-hydrogen) atoms. The predicted octanol–water partition coefficient (Wildman–Crippen LogP) is 5.44. The third-order valence-corrected chi connectivity index (χ3v) is 5.82. The highest BCUT2D eigenvalue weighted by Gasteiger charge is 2.24. The number of halogens is 2. The number of hydrogen-bond donors (Lipinski definition) is 2. The number of benzene rings is 1. The highest BCUT2D eigenvalue weighted by molar-refractivity contribution is 6.41. The van der Waals surface area contributed by atoms with Gasteiger partial charge in [0.2, 0.25) is 5.95 Å². The molecule has 0 fully saturated rings. The number of nitrogens with two attached hydrogens (primary N) is 1. The molecule has 0 saturated carbocycles. The maximum Gasteiger partial charge on any atom is 0.220 e. The Kier molecular flexibility index (Phi) is 6.15. The lowest BCUT2D eigenvalue weighted by Crippen LogP contribution is -2.31. The number of anilines is 2. The zero-order valence-corrected chi connectivity index (χ0v) is 19.3. The summed E-state index contributed by atoms with van der Waals surface area (Å²) in [5.41, 5.74) is 7.46. The lowest BCUT2D eigenvalue weighted by atomic mass is 9.88. The maximum absolute atomic E-state index is 6.61. The minimum absolute atomic E-state index is 0.0168. The van der Waals surface area contributed by atoms with Gasteiger partial charge in [0.15, 0.2) is 5.82 Å². The topological polar surface area (TPSA) is 95.2 Å². The Labute approximate surface area is 185 Å². The number of nitrogens with zero attached hydrogens (tertiary/aromatic N) is 3. The fraction of sp³-hybridized carbons (Fsp3) is 0.381. The van der Waals surface area contributed by atoms with Gasteiger partial charge in [-0.05, 0) is 18.4 Å². The van der Waals surface area contributed by atoms with Crippen molar-refractivity contribution >= 4 is 45.9 Å². The van der Waals surface area contributed by atoms with E-state index < -0.39 is 0 Å². The van der Waals surface area contributed by atoms with E-state index in [0.717, 1.165) is 5.39 Å². The molecule has 0 aliphatic heterocycles. The van der Waals surface area contributed by atoms with Crippen LogP contribution in [0.1, 0.15) is 27.7 Å². The second kappa shape index (κ2) is 8.32. The number of pyridine rings is 1. The summed E-state index contributed by atoms with van der Waals surface area (Å²) in [7, 11) is 3.06. The van der Waals surface area contributed by atoms with Crippen molar-refractivity contribution in [1.82, 2.24) is 15.0 Å². The van der Waals surface area contributed by atoms with Crippen molar-refractivity contribution in [2.45, 2.75) is 33.7 Å². The zero-order valence-electron chi connectivity index (χ0n) is 17.8. The summed E-state index contributed by atoms with van der Waals surface area (Å²) in [6.45, 7) is 8.50. The van der Waals surface area contributed by atoms with Gasteiger partial charge in [-0.1, -0.05) is 44.0 Å². The van der Waals surface area contributed by atoms with Crippen LogP contribution in [-0.2, 0) is 0 Å². The fourth-order valence-electron chi connectivity index (χ4n) is 2.81. The third kappa shape index (κ3) is 4.18. The molecule has 0 aliphatic carbocycles. The highest BCUT2D eigenvalue weighted by atomic mass is 35.5. The quantitative estimate of drug-likeness (QED) is 0.534. The number of fused-ring (bicyclic) bond motifs is 1. The minimum Gasteiger partial charge on any atom is -0.495 e. The lowest BCUT2D eigenvalue weighted by Gasteiger charge is -2.29. The van der Waals surface area contributed by atoms with E-state index in [2.05, 4.69) is 43.0 Å². The van der Waals surface area contributed by atoms with E-state index in [1.807, 2.05) is 6.07 Å². The van der Waals surface area contributed by atoms with E-state index in [9.17, 15) is 0 Å². The number of rotatable bonds is 5. The van der Waals surface area contributed by atoms with Crippen LogP contribution >= 0.6 is 23.2 Å². The van der Waals surface area contributed by atoms with E-state index in [-0.39, 0.29) is 17.4 Å². The lowest BCUT2D eigenvalue weighted by molar-refractivity contribution is 0.359. The minimum atomic E-state index is -0.0168. The van der Waals surface area contributed by atoms with Crippen molar-refractivity contribution in [2.75, 3.05) is 25.3 Å². The summed E-state index contributed by atoms with van der Waals surface area (Å²) >= 11 is 13.2. The number of nitrogens with one attached hydrogen (secondary N) is 1. The summed E-state index contributed by atoms with van der Waals surface area (Å²) in [6.07, 6.45) is 1.65. The van der Waals surface area contributed by atoms with Gasteiger partial charge in [0.1, 0.15) is 17.0 Å². The Hall–Kier alpha value is -2.51. The smallest absolute Gasteiger partial charge is 0.220 e. The fourth-order valence-corrected chi connectivity index (χ4v) is 3.51. The molecule has 7 nitrogen and oxygen atoms in total. The summed E-state index contributed by atoms with van der Waals surface area (Å²) < 4.78 is 10.8. The first-order valence-corrected chi connectivity index (χ1v) is 10.1. The molecule has 0 saturated heterocycles. The Morgan fingerprint density at radius 3 is 2.17 bits per heavy atom. The molecule has 1 unspecified atom stereocenters. The van der Waals surface area contributed by atoms with Gasteiger partial charge in [0.05, 0.1) is 30.0 Å². The van der Waals surface area contributed by atoms with Gasteiger partial charge in [-0.15, -0.1) is 0 Å². The molecule has 2 aromatic heterocycles. The van der Waals surface area contributed by atoms with E-state index in [0.29, 0.717) is 44.1 Å². The molecule has 3 rings (SSSR count). The van der Waals surface area contributed by atoms with Crippen LogP contribution in [0.15, 0.2) is 18.3 Å². The molecule has 0 spiro atoms. The van der Waals surface area contributed by atoms with Crippen molar-refractivity contribution in [3.05, 3.63) is 28.4 Å². The normalized spacial score (nSPS) is 12.7. The SMILES string of the molecule is COc1cc(OC)c(Cl)c(-c2cc3cnc(N)nc3c(NC(C)C(C)(C)C)n2)c1Cl. The van der Waals surface area contributed by atoms with E-state index in [4.69, 9.17) is 43.4 Å². The van der Waals surface area contributed by atoms with Crippen LogP contribution in [0.2, 0.25) is 10.0 Å². The van der Waals surface area contributed by atoms with Crippen LogP contribution in [0, 0.1) is 5.41 Å². The number of hydrogen-bond acceptors (Lipinski definition) is 7. The van der Waals surface area contributed by atoms with Gasteiger partial charge >= 0.3 is 0 Å². The molecule has 0 radical (unpaired) electrons. The molecule has 160 valence electrons. The van der Waals surface area contributed by atoms with Crippen LogP contribution < -0.4 is 20.5 Å². The molecule has 3 aromatic rings. The molecule has 9 heteroatoms. The standard InChI is InChI=1S/C21H25Cl2N5O2/c1-10(21(2,3)4)26-19-18-11(9-25-20(24)28-18)7-12(27-19)15-16(22)13(29-5)8-14(30-6)17(15)23/h7-10H,1-6H3,(H,26,27)(H2,24,25,28). The molecule has 1 atom stereocenters. The van der Waals surface area contributed by atoms with Gasteiger partial charge in [0.25, 0.3) is 0 Å².